The molecule has 1 atom stereocenters. The van der Waals surface area contributed by atoms with Crippen LogP contribution in [0.5, 0.6) is 0 Å². The molecule has 1 aliphatic heterocycles. The zero-order valence-corrected chi connectivity index (χ0v) is 14.7. The Morgan fingerprint density at radius 2 is 1.19 bits per heavy atom. The molecule has 1 heterocycles. The van der Waals surface area contributed by atoms with Gasteiger partial charge in [-0.3, -0.25) is 5.32 Å². The Bertz CT molecular complexity index is 224. The van der Waals surface area contributed by atoms with E-state index in [4.69, 9.17) is 4.74 Å². The zero-order chi connectivity index (χ0) is 15.2. The van der Waals surface area contributed by atoms with Gasteiger partial charge < -0.3 is 4.74 Å². The number of hydrogen-bond donors (Lipinski definition) is 1. The number of nitrogens with one attached hydrogen (secondary N) is 1. The highest BCUT2D eigenvalue weighted by Crippen LogP contribution is 2.26. The first-order valence-corrected chi connectivity index (χ1v) is 9.66. The third-order valence-electron chi connectivity index (χ3n) is 4.95. The van der Waals surface area contributed by atoms with Gasteiger partial charge in [-0.05, 0) is 12.8 Å². The van der Waals surface area contributed by atoms with Gasteiger partial charge in [0.25, 0.3) is 0 Å². The average molecular weight is 298 g/mol. The predicted octanol–water partition coefficient (Wildman–Crippen LogP) is 5.80. The van der Waals surface area contributed by atoms with Crippen LogP contribution in [0, 0.1) is 0 Å². The highest BCUT2D eigenvalue weighted by Gasteiger charge is 2.32. The fourth-order valence-electron chi connectivity index (χ4n) is 3.44. The smallest absolute Gasteiger partial charge is 0.0971 e. The lowest BCUT2D eigenvalue weighted by atomic mass is 9.87. The maximum absolute atomic E-state index is 5.61. The minimum absolute atomic E-state index is 0.316. The molecule has 1 N–H and O–H groups in total. The topological polar surface area (TPSA) is 21.3 Å². The van der Waals surface area contributed by atoms with Gasteiger partial charge in [0.15, 0.2) is 0 Å². The summed E-state index contributed by atoms with van der Waals surface area (Å²) in [5.41, 5.74) is 0.316. The molecule has 1 rings (SSSR count). The summed E-state index contributed by atoms with van der Waals surface area (Å²) in [6, 6.07) is 0. The van der Waals surface area contributed by atoms with Crippen molar-refractivity contribution in [1.82, 2.24) is 5.32 Å². The standard InChI is InChI=1S/C19H39NO/c1-3-5-7-8-9-10-11-12-14-16-19(15-13-6-4-2)17-21-18-20-19/h20H,3-18H2,1-2H3. The summed E-state index contributed by atoms with van der Waals surface area (Å²) in [5.74, 6) is 0. The Morgan fingerprint density at radius 3 is 1.71 bits per heavy atom. The Kier molecular flexibility index (Phi) is 11.3. The van der Waals surface area contributed by atoms with Gasteiger partial charge in [0.1, 0.15) is 0 Å². The first kappa shape index (κ1) is 19.0. The monoisotopic (exact) mass is 297 g/mol. The van der Waals surface area contributed by atoms with Gasteiger partial charge in [-0.2, -0.15) is 0 Å². The molecule has 0 aliphatic carbocycles. The lowest BCUT2D eigenvalue weighted by molar-refractivity contribution is 0.169. The van der Waals surface area contributed by atoms with Crippen LogP contribution in [-0.4, -0.2) is 18.9 Å². The van der Waals surface area contributed by atoms with E-state index in [1.165, 1.54) is 89.9 Å². The largest absolute Gasteiger partial charge is 0.364 e. The molecule has 1 aliphatic rings. The molecular weight excluding hydrogens is 258 g/mol. The highest BCUT2D eigenvalue weighted by molar-refractivity contribution is 4.90. The molecule has 0 amide bonds. The molecule has 1 saturated heterocycles. The Morgan fingerprint density at radius 1 is 0.714 bits per heavy atom. The fraction of sp³-hybridized carbons (Fsp3) is 1.00. The van der Waals surface area contributed by atoms with Gasteiger partial charge in [-0.25, -0.2) is 0 Å². The van der Waals surface area contributed by atoms with E-state index in [1.54, 1.807) is 0 Å². The van der Waals surface area contributed by atoms with Crippen molar-refractivity contribution in [1.29, 1.82) is 0 Å². The van der Waals surface area contributed by atoms with Gasteiger partial charge >= 0.3 is 0 Å². The van der Waals surface area contributed by atoms with Gasteiger partial charge in [-0.15, -0.1) is 0 Å². The minimum Gasteiger partial charge on any atom is -0.364 e. The Hall–Kier alpha value is -0.0800. The lowest BCUT2D eigenvalue weighted by Crippen LogP contribution is -2.42. The van der Waals surface area contributed by atoms with Gasteiger partial charge in [-0.1, -0.05) is 90.9 Å². The lowest BCUT2D eigenvalue weighted by Gasteiger charge is -2.28. The van der Waals surface area contributed by atoms with E-state index >= 15 is 0 Å². The average Bonchev–Trinajstić information content (AvgIpc) is 2.95. The van der Waals surface area contributed by atoms with E-state index in [9.17, 15) is 0 Å². The van der Waals surface area contributed by atoms with Crippen molar-refractivity contribution >= 4 is 0 Å². The third kappa shape index (κ3) is 8.83. The molecule has 0 aromatic carbocycles. The van der Waals surface area contributed by atoms with Crippen LogP contribution >= 0.6 is 0 Å². The SMILES string of the molecule is CCCCCCCCCCCC1(CCCCC)COCN1. The second kappa shape index (κ2) is 12.5. The molecule has 126 valence electrons. The third-order valence-corrected chi connectivity index (χ3v) is 4.95. The van der Waals surface area contributed by atoms with E-state index in [2.05, 4.69) is 19.2 Å². The molecule has 0 saturated carbocycles. The van der Waals surface area contributed by atoms with Gasteiger partial charge in [0, 0.05) is 5.54 Å². The van der Waals surface area contributed by atoms with Crippen molar-refractivity contribution in [2.75, 3.05) is 13.3 Å². The Balaban J connectivity index is 2.00. The number of unbranched alkanes of at least 4 members (excludes halogenated alkanes) is 10. The highest BCUT2D eigenvalue weighted by atomic mass is 16.5. The maximum Gasteiger partial charge on any atom is 0.0971 e. The van der Waals surface area contributed by atoms with Gasteiger partial charge in [0.2, 0.25) is 0 Å². The van der Waals surface area contributed by atoms with Crippen LogP contribution in [0.4, 0.5) is 0 Å². The van der Waals surface area contributed by atoms with Crippen molar-refractivity contribution in [3.63, 3.8) is 0 Å². The molecule has 1 fully saturated rings. The molecule has 0 aromatic rings. The van der Waals surface area contributed by atoms with E-state index in [0.717, 1.165) is 13.3 Å². The van der Waals surface area contributed by atoms with Crippen molar-refractivity contribution in [3.8, 4) is 0 Å². The molecule has 0 radical (unpaired) electrons. The molecule has 1 unspecified atom stereocenters. The Labute approximate surface area is 133 Å². The summed E-state index contributed by atoms with van der Waals surface area (Å²) < 4.78 is 5.61. The molecule has 2 nitrogen and oxygen atoms in total. The maximum atomic E-state index is 5.61. The number of rotatable bonds is 14. The first-order chi connectivity index (χ1) is 10.3. The number of ether oxygens (including phenoxy) is 1. The van der Waals surface area contributed by atoms with E-state index in [-0.39, 0.29) is 0 Å². The molecule has 0 aromatic heterocycles. The summed E-state index contributed by atoms with van der Waals surface area (Å²) in [6.07, 6.45) is 19.4. The second-order valence-corrected chi connectivity index (χ2v) is 6.99. The van der Waals surface area contributed by atoms with E-state index in [0.29, 0.717) is 5.54 Å². The van der Waals surface area contributed by atoms with Crippen molar-refractivity contribution in [3.05, 3.63) is 0 Å². The van der Waals surface area contributed by atoms with E-state index < -0.39 is 0 Å². The normalized spacial score (nSPS) is 22.0. The molecule has 2 heteroatoms. The molecule has 21 heavy (non-hydrogen) atoms. The van der Waals surface area contributed by atoms with Crippen LogP contribution in [0.1, 0.15) is 104 Å². The second-order valence-electron chi connectivity index (χ2n) is 6.99. The predicted molar refractivity (Wildman–Crippen MR) is 92.7 cm³/mol. The number of hydrogen-bond acceptors (Lipinski definition) is 2. The molecular formula is C19H39NO. The van der Waals surface area contributed by atoms with E-state index in [1.807, 2.05) is 0 Å². The van der Waals surface area contributed by atoms with Crippen LogP contribution in [0.25, 0.3) is 0 Å². The summed E-state index contributed by atoms with van der Waals surface area (Å²) in [4.78, 5) is 0. The summed E-state index contributed by atoms with van der Waals surface area (Å²) >= 11 is 0. The molecule has 0 spiro atoms. The van der Waals surface area contributed by atoms with Crippen molar-refractivity contribution in [2.45, 2.75) is 109 Å². The van der Waals surface area contributed by atoms with Crippen LogP contribution in [-0.2, 0) is 4.74 Å². The summed E-state index contributed by atoms with van der Waals surface area (Å²) in [6.45, 7) is 6.28. The van der Waals surface area contributed by atoms with Crippen LogP contribution in [0.2, 0.25) is 0 Å². The summed E-state index contributed by atoms with van der Waals surface area (Å²) in [5, 5.41) is 3.63. The quantitative estimate of drug-likeness (QED) is 0.409. The van der Waals surface area contributed by atoms with Crippen LogP contribution < -0.4 is 5.32 Å². The van der Waals surface area contributed by atoms with Crippen molar-refractivity contribution in [2.24, 2.45) is 0 Å². The molecule has 0 bridgehead atoms. The zero-order valence-electron chi connectivity index (χ0n) is 14.7. The van der Waals surface area contributed by atoms with Crippen LogP contribution in [0.15, 0.2) is 0 Å². The first-order valence-electron chi connectivity index (χ1n) is 9.66. The van der Waals surface area contributed by atoms with Crippen LogP contribution in [0.3, 0.4) is 0 Å². The minimum atomic E-state index is 0.316. The van der Waals surface area contributed by atoms with Crippen molar-refractivity contribution < 1.29 is 4.74 Å². The van der Waals surface area contributed by atoms with Gasteiger partial charge in [0.05, 0.1) is 13.3 Å². The fourth-order valence-corrected chi connectivity index (χ4v) is 3.44. The summed E-state index contributed by atoms with van der Waals surface area (Å²) in [7, 11) is 0.